The number of anilines is 1. The van der Waals surface area contributed by atoms with E-state index < -0.39 is 0 Å². The molecule has 0 aliphatic carbocycles. The van der Waals surface area contributed by atoms with Gasteiger partial charge in [-0.3, -0.25) is 4.90 Å². The van der Waals surface area contributed by atoms with Crippen molar-refractivity contribution in [2.24, 2.45) is 0 Å². The molecule has 1 saturated heterocycles. The maximum atomic E-state index is 5.68. The van der Waals surface area contributed by atoms with Crippen molar-refractivity contribution in [1.29, 1.82) is 0 Å². The molecule has 3 heterocycles. The van der Waals surface area contributed by atoms with E-state index in [9.17, 15) is 0 Å². The second-order valence-corrected chi connectivity index (χ2v) is 4.73. The molecule has 1 fully saturated rings. The summed E-state index contributed by atoms with van der Waals surface area (Å²) in [6.45, 7) is 5.03. The fourth-order valence-corrected chi connectivity index (χ4v) is 2.18. The number of hydrogen-bond acceptors (Lipinski definition) is 6. The van der Waals surface area contributed by atoms with E-state index in [1.807, 2.05) is 18.2 Å². The standard InChI is InChI=1S/C14H18N4O2/c15-12-3-1-11-2-4-13(17-14(11)16-12)20-10-7-18-5-8-19-9-6-18/h1-4H,5-10H2,(H2,15,16,17). The van der Waals surface area contributed by atoms with Crippen molar-refractivity contribution in [3.05, 3.63) is 24.3 Å². The van der Waals surface area contributed by atoms with Gasteiger partial charge in [-0.15, -0.1) is 0 Å². The molecule has 1 aliphatic rings. The first-order valence-corrected chi connectivity index (χ1v) is 6.77. The summed E-state index contributed by atoms with van der Waals surface area (Å²) in [6.07, 6.45) is 0. The van der Waals surface area contributed by atoms with Crippen LogP contribution in [0.25, 0.3) is 11.0 Å². The highest BCUT2D eigenvalue weighted by Gasteiger charge is 2.10. The molecule has 0 atom stereocenters. The van der Waals surface area contributed by atoms with Crippen LogP contribution in [-0.2, 0) is 4.74 Å². The van der Waals surface area contributed by atoms with Gasteiger partial charge in [0.15, 0.2) is 5.65 Å². The summed E-state index contributed by atoms with van der Waals surface area (Å²) in [7, 11) is 0. The maximum Gasteiger partial charge on any atom is 0.215 e. The number of nitrogens with zero attached hydrogens (tertiary/aromatic N) is 3. The summed E-state index contributed by atoms with van der Waals surface area (Å²) in [6, 6.07) is 7.48. The molecule has 2 aromatic heterocycles. The summed E-state index contributed by atoms with van der Waals surface area (Å²) in [5.74, 6) is 1.05. The van der Waals surface area contributed by atoms with Crippen molar-refractivity contribution in [3.8, 4) is 5.88 Å². The van der Waals surface area contributed by atoms with Crippen LogP contribution in [0.1, 0.15) is 0 Å². The number of nitrogen functional groups attached to an aromatic ring is 1. The summed E-state index contributed by atoms with van der Waals surface area (Å²) < 4.78 is 11.0. The minimum atomic E-state index is 0.468. The number of nitrogens with two attached hydrogens (primary N) is 1. The van der Waals surface area contributed by atoms with Gasteiger partial charge in [0.05, 0.1) is 13.2 Å². The number of aromatic nitrogens is 2. The molecule has 106 valence electrons. The van der Waals surface area contributed by atoms with Gasteiger partial charge in [-0.05, 0) is 18.2 Å². The first-order valence-electron chi connectivity index (χ1n) is 6.77. The Bertz CT molecular complexity index is 584. The molecular weight excluding hydrogens is 256 g/mol. The third-order valence-electron chi connectivity index (χ3n) is 3.31. The smallest absolute Gasteiger partial charge is 0.215 e. The lowest BCUT2D eigenvalue weighted by molar-refractivity contribution is 0.0320. The SMILES string of the molecule is Nc1ccc2ccc(OCCN3CCOCC3)nc2n1. The molecule has 2 N–H and O–H groups in total. The molecule has 3 rings (SSSR count). The zero-order chi connectivity index (χ0) is 13.8. The summed E-state index contributed by atoms with van der Waals surface area (Å²) in [5.41, 5.74) is 6.28. The topological polar surface area (TPSA) is 73.5 Å². The summed E-state index contributed by atoms with van der Waals surface area (Å²) in [4.78, 5) is 10.9. The molecule has 0 aromatic carbocycles. The predicted molar refractivity (Wildman–Crippen MR) is 76.7 cm³/mol. The molecule has 0 amide bonds. The van der Waals surface area contributed by atoms with E-state index in [4.69, 9.17) is 15.2 Å². The lowest BCUT2D eigenvalue weighted by Gasteiger charge is -2.26. The number of rotatable bonds is 4. The Hall–Kier alpha value is -1.92. The van der Waals surface area contributed by atoms with Crippen molar-refractivity contribution in [3.63, 3.8) is 0 Å². The second-order valence-electron chi connectivity index (χ2n) is 4.73. The third kappa shape index (κ3) is 3.15. The molecule has 0 radical (unpaired) electrons. The molecule has 20 heavy (non-hydrogen) atoms. The fraction of sp³-hybridized carbons (Fsp3) is 0.429. The Morgan fingerprint density at radius 1 is 1.15 bits per heavy atom. The highest BCUT2D eigenvalue weighted by Crippen LogP contribution is 2.16. The molecule has 2 aromatic rings. The average Bonchev–Trinajstić information content (AvgIpc) is 2.48. The molecular formula is C14H18N4O2. The van der Waals surface area contributed by atoms with Crippen molar-refractivity contribution >= 4 is 16.9 Å². The lowest BCUT2D eigenvalue weighted by atomic mass is 10.3. The van der Waals surface area contributed by atoms with Gasteiger partial charge in [-0.1, -0.05) is 0 Å². The molecule has 6 nitrogen and oxygen atoms in total. The third-order valence-corrected chi connectivity index (χ3v) is 3.31. The quantitative estimate of drug-likeness (QED) is 0.894. The minimum absolute atomic E-state index is 0.468. The Morgan fingerprint density at radius 2 is 1.95 bits per heavy atom. The first kappa shape index (κ1) is 13.1. The maximum absolute atomic E-state index is 5.68. The summed E-state index contributed by atoms with van der Waals surface area (Å²) in [5, 5.41) is 0.958. The van der Waals surface area contributed by atoms with Crippen LogP contribution < -0.4 is 10.5 Å². The van der Waals surface area contributed by atoms with Crippen molar-refractivity contribution in [2.75, 3.05) is 45.2 Å². The van der Waals surface area contributed by atoms with Crippen LogP contribution in [0.2, 0.25) is 0 Å². The number of pyridine rings is 2. The molecule has 0 unspecified atom stereocenters. The second kappa shape index (κ2) is 6.02. The number of morpholine rings is 1. The molecule has 0 bridgehead atoms. The van der Waals surface area contributed by atoms with Gasteiger partial charge < -0.3 is 15.2 Å². The first-order chi connectivity index (χ1) is 9.81. The monoisotopic (exact) mass is 274 g/mol. The van der Waals surface area contributed by atoms with Crippen LogP contribution in [0.5, 0.6) is 5.88 Å². The van der Waals surface area contributed by atoms with Gasteiger partial charge in [0.25, 0.3) is 0 Å². The van der Waals surface area contributed by atoms with Crippen molar-refractivity contribution < 1.29 is 9.47 Å². The Kier molecular flexibility index (Phi) is 3.94. The normalized spacial score (nSPS) is 16.4. The molecule has 1 aliphatic heterocycles. The van der Waals surface area contributed by atoms with Crippen LogP contribution in [0, 0.1) is 0 Å². The minimum Gasteiger partial charge on any atom is -0.476 e. The highest BCUT2D eigenvalue weighted by atomic mass is 16.5. The van der Waals surface area contributed by atoms with E-state index in [-0.39, 0.29) is 0 Å². The predicted octanol–water partition coefficient (Wildman–Crippen LogP) is 0.923. The zero-order valence-corrected chi connectivity index (χ0v) is 11.3. The van der Waals surface area contributed by atoms with E-state index >= 15 is 0 Å². The van der Waals surface area contributed by atoms with Gasteiger partial charge in [0.2, 0.25) is 5.88 Å². The van der Waals surface area contributed by atoms with E-state index in [1.54, 1.807) is 6.07 Å². The van der Waals surface area contributed by atoms with Gasteiger partial charge >= 0.3 is 0 Å². The number of fused-ring (bicyclic) bond motifs is 1. The van der Waals surface area contributed by atoms with Gasteiger partial charge in [-0.25, -0.2) is 4.98 Å². The lowest BCUT2D eigenvalue weighted by Crippen LogP contribution is -2.38. The Labute approximate surface area is 117 Å². The van der Waals surface area contributed by atoms with Crippen LogP contribution in [-0.4, -0.2) is 54.3 Å². The fourth-order valence-electron chi connectivity index (χ4n) is 2.18. The average molecular weight is 274 g/mol. The van der Waals surface area contributed by atoms with Crippen molar-refractivity contribution in [1.82, 2.24) is 14.9 Å². The van der Waals surface area contributed by atoms with Crippen LogP contribution in [0.15, 0.2) is 24.3 Å². The Morgan fingerprint density at radius 3 is 2.80 bits per heavy atom. The summed E-state index contributed by atoms with van der Waals surface area (Å²) >= 11 is 0. The zero-order valence-electron chi connectivity index (χ0n) is 11.3. The number of ether oxygens (including phenoxy) is 2. The van der Waals surface area contributed by atoms with Crippen molar-refractivity contribution in [2.45, 2.75) is 0 Å². The number of hydrogen-bond donors (Lipinski definition) is 1. The Balaban J connectivity index is 1.59. The molecule has 6 heteroatoms. The highest BCUT2D eigenvalue weighted by molar-refractivity contribution is 5.76. The van der Waals surface area contributed by atoms with E-state index in [1.165, 1.54) is 0 Å². The van der Waals surface area contributed by atoms with E-state index in [0.717, 1.165) is 38.2 Å². The van der Waals surface area contributed by atoms with Crippen LogP contribution in [0.3, 0.4) is 0 Å². The van der Waals surface area contributed by atoms with E-state index in [0.29, 0.717) is 24.0 Å². The van der Waals surface area contributed by atoms with E-state index in [2.05, 4.69) is 14.9 Å². The molecule has 0 saturated carbocycles. The van der Waals surface area contributed by atoms with Gasteiger partial charge in [0, 0.05) is 31.1 Å². The van der Waals surface area contributed by atoms with Gasteiger partial charge in [0.1, 0.15) is 12.4 Å². The largest absolute Gasteiger partial charge is 0.476 e. The van der Waals surface area contributed by atoms with Gasteiger partial charge in [-0.2, -0.15) is 4.98 Å². The van der Waals surface area contributed by atoms with Crippen LogP contribution >= 0.6 is 0 Å². The molecule has 0 spiro atoms. The van der Waals surface area contributed by atoms with Crippen LogP contribution in [0.4, 0.5) is 5.82 Å².